The van der Waals surface area contributed by atoms with Crippen molar-refractivity contribution >= 4 is 24.0 Å². The second-order valence-electron chi connectivity index (χ2n) is 7.24. The highest BCUT2D eigenvalue weighted by molar-refractivity contribution is 6.23. The Hall–Kier alpha value is -2.54. The van der Waals surface area contributed by atoms with E-state index >= 15 is 0 Å². The number of piperidine rings is 1. The molecule has 0 bridgehead atoms. The summed E-state index contributed by atoms with van der Waals surface area (Å²) in [5.74, 6) is -0.996. The maximum atomic E-state index is 12.9. The Morgan fingerprint density at radius 1 is 1.22 bits per heavy atom. The quantitative estimate of drug-likeness (QED) is 0.599. The first-order valence-electron chi connectivity index (χ1n) is 9.33. The molecule has 2 aliphatic rings. The lowest BCUT2D eigenvalue weighted by molar-refractivity contribution is -0.124. The number of nitrogens with zero attached hydrogens (tertiary/aromatic N) is 2. The van der Waals surface area contributed by atoms with E-state index in [4.69, 9.17) is 0 Å². The normalized spacial score (nSPS) is 19.1. The van der Waals surface area contributed by atoms with Gasteiger partial charge in [0.15, 0.2) is 0 Å². The molecule has 1 aromatic rings. The van der Waals surface area contributed by atoms with Gasteiger partial charge < -0.3 is 15.0 Å². The fourth-order valence-corrected chi connectivity index (χ4v) is 3.93. The number of imide groups is 1. The molecule has 7 nitrogen and oxygen atoms in total. The first kappa shape index (κ1) is 19.2. The van der Waals surface area contributed by atoms with E-state index in [0.717, 1.165) is 36.4 Å². The van der Waals surface area contributed by atoms with Crippen LogP contribution in [0.5, 0.6) is 0 Å². The number of hydrogen-bond acceptors (Lipinski definition) is 5. The van der Waals surface area contributed by atoms with Crippen LogP contribution >= 0.6 is 0 Å². The summed E-state index contributed by atoms with van der Waals surface area (Å²) in [4.78, 5) is 52.0. The highest BCUT2D eigenvalue weighted by Gasteiger charge is 2.42. The molecule has 3 amide bonds. The molecule has 3 rings (SSSR count). The Morgan fingerprint density at radius 2 is 1.89 bits per heavy atom. The minimum absolute atomic E-state index is 0.104. The van der Waals surface area contributed by atoms with Crippen LogP contribution in [0.3, 0.4) is 0 Å². The molecule has 1 fully saturated rings. The molecular formula is C20H25N3O4. The monoisotopic (exact) mass is 371 g/mol. The molecule has 0 radical (unpaired) electrons. The number of rotatable bonds is 6. The zero-order chi connectivity index (χ0) is 19.6. The highest BCUT2D eigenvalue weighted by atomic mass is 16.2. The van der Waals surface area contributed by atoms with Gasteiger partial charge in [-0.15, -0.1) is 0 Å². The summed E-state index contributed by atoms with van der Waals surface area (Å²) in [7, 11) is 3.55. The first-order valence-corrected chi connectivity index (χ1v) is 9.33. The first-order chi connectivity index (χ1) is 13.0. The lowest BCUT2D eigenvalue weighted by Crippen LogP contribution is -2.48. The van der Waals surface area contributed by atoms with Gasteiger partial charge in [-0.3, -0.25) is 19.3 Å². The van der Waals surface area contributed by atoms with Crippen molar-refractivity contribution in [2.75, 3.05) is 27.2 Å². The maximum Gasteiger partial charge on any atom is 0.262 e. The lowest BCUT2D eigenvalue weighted by Gasteiger charge is -2.29. The van der Waals surface area contributed by atoms with Crippen molar-refractivity contribution in [3.05, 3.63) is 34.9 Å². The Morgan fingerprint density at radius 3 is 2.52 bits per heavy atom. The molecule has 1 N–H and O–H groups in total. The fourth-order valence-electron chi connectivity index (χ4n) is 3.93. The van der Waals surface area contributed by atoms with Crippen LogP contribution < -0.4 is 5.32 Å². The van der Waals surface area contributed by atoms with Crippen LogP contribution in [0.4, 0.5) is 0 Å². The number of amides is 3. The summed E-state index contributed by atoms with van der Waals surface area (Å²) in [6, 6.07) is 4.46. The Kier molecular flexibility index (Phi) is 5.70. The molecule has 1 unspecified atom stereocenters. The summed E-state index contributed by atoms with van der Waals surface area (Å²) in [5, 5.41) is 2.48. The van der Waals surface area contributed by atoms with Gasteiger partial charge in [-0.05, 0) is 63.0 Å². The molecule has 27 heavy (non-hydrogen) atoms. The fraction of sp³-hybridized carbons (Fsp3) is 0.500. The van der Waals surface area contributed by atoms with Crippen molar-refractivity contribution in [1.29, 1.82) is 0 Å². The van der Waals surface area contributed by atoms with Crippen LogP contribution in [0.15, 0.2) is 18.2 Å². The van der Waals surface area contributed by atoms with Gasteiger partial charge in [-0.1, -0.05) is 6.07 Å². The molecule has 1 aromatic carbocycles. The standard InChI is InChI=1S/C20H25N3O4/c1-21-18(25)17(4-3-11-24)23-19(26)15-6-5-14(12-16(15)20(23)27)13-7-9-22(2)10-8-13/h5-6,11-13,17H,3-4,7-10H2,1-2H3,(H,21,25). The van der Waals surface area contributed by atoms with Crippen LogP contribution in [0, 0.1) is 0 Å². The van der Waals surface area contributed by atoms with Crippen LogP contribution in [0.2, 0.25) is 0 Å². The van der Waals surface area contributed by atoms with E-state index in [1.165, 1.54) is 7.05 Å². The maximum absolute atomic E-state index is 12.9. The van der Waals surface area contributed by atoms with Crippen molar-refractivity contribution < 1.29 is 19.2 Å². The third-order valence-corrected chi connectivity index (χ3v) is 5.55. The lowest BCUT2D eigenvalue weighted by atomic mass is 9.88. The van der Waals surface area contributed by atoms with Crippen LogP contribution in [0.1, 0.15) is 57.9 Å². The van der Waals surface area contributed by atoms with E-state index < -0.39 is 23.8 Å². The molecule has 1 saturated heterocycles. The van der Waals surface area contributed by atoms with Crippen molar-refractivity contribution in [1.82, 2.24) is 15.1 Å². The number of likely N-dealkylation sites (N-methyl/N-ethyl adjacent to an activating group) is 1. The van der Waals surface area contributed by atoms with Gasteiger partial charge in [-0.2, -0.15) is 0 Å². The van der Waals surface area contributed by atoms with Crippen molar-refractivity contribution in [2.24, 2.45) is 0 Å². The van der Waals surface area contributed by atoms with Crippen LogP contribution in [0.25, 0.3) is 0 Å². The Bertz CT molecular complexity index is 768. The average molecular weight is 371 g/mol. The smallest absolute Gasteiger partial charge is 0.262 e. The summed E-state index contributed by atoms with van der Waals surface area (Å²) >= 11 is 0. The molecule has 0 aliphatic carbocycles. The number of likely N-dealkylation sites (tertiary alicyclic amines) is 1. The van der Waals surface area contributed by atoms with Gasteiger partial charge in [0.05, 0.1) is 11.1 Å². The molecule has 1 atom stereocenters. The second-order valence-corrected chi connectivity index (χ2v) is 7.24. The molecule has 0 saturated carbocycles. The second kappa shape index (κ2) is 8.00. The Labute approximate surface area is 158 Å². The van der Waals surface area contributed by atoms with Gasteiger partial charge >= 0.3 is 0 Å². The number of benzene rings is 1. The number of carbonyl (C=O) groups excluding carboxylic acids is 4. The minimum atomic E-state index is -0.973. The third kappa shape index (κ3) is 3.64. The molecule has 7 heteroatoms. The van der Waals surface area contributed by atoms with Gasteiger partial charge in [-0.25, -0.2) is 0 Å². The van der Waals surface area contributed by atoms with Gasteiger partial charge in [0.2, 0.25) is 5.91 Å². The zero-order valence-electron chi connectivity index (χ0n) is 15.7. The SMILES string of the molecule is CNC(=O)C(CCC=O)N1C(=O)c2ccc(C3CCN(C)CC3)cc2C1=O. The summed E-state index contributed by atoms with van der Waals surface area (Å²) < 4.78 is 0. The number of aldehydes is 1. The number of hydrogen-bond donors (Lipinski definition) is 1. The van der Waals surface area contributed by atoms with Crippen LogP contribution in [-0.4, -0.2) is 67.0 Å². The number of nitrogens with one attached hydrogen (secondary N) is 1. The highest BCUT2D eigenvalue weighted by Crippen LogP contribution is 2.33. The average Bonchev–Trinajstić information content (AvgIpc) is 2.93. The van der Waals surface area contributed by atoms with E-state index in [0.29, 0.717) is 23.3 Å². The predicted octanol–water partition coefficient (Wildman–Crippen LogP) is 1.19. The zero-order valence-corrected chi connectivity index (χ0v) is 15.7. The van der Waals surface area contributed by atoms with E-state index in [-0.39, 0.29) is 12.8 Å². The van der Waals surface area contributed by atoms with Gasteiger partial charge in [0.1, 0.15) is 12.3 Å². The van der Waals surface area contributed by atoms with Crippen molar-refractivity contribution in [3.63, 3.8) is 0 Å². The summed E-state index contributed by atoms with van der Waals surface area (Å²) in [6.45, 7) is 2.01. The van der Waals surface area contributed by atoms with E-state index in [2.05, 4.69) is 17.3 Å². The number of fused-ring (bicyclic) bond motifs is 1. The van der Waals surface area contributed by atoms with E-state index in [1.54, 1.807) is 6.07 Å². The van der Waals surface area contributed by atoms with Crippen molar-refractivity contribution in [2.45, 2.75) is 37.6 Å². The molecular weight excluding hydrogens is 346 g/mol. The Balaban J connectivity index is 1.88. The molecule has 144 valence electrons. The minimum Gasteiger partial charge on any atom is -0.357 e. The number of carbonyl (C=O) groups is 4. The van der Waals surface area contributed by atoms with Gasteiger partial charge in [0.25, 0.3) is 11.8 Å². The largest absolute Gasteiger partial charge is 0.357 e. The van der Waals surface area contributed by atoms with Crippen molar-refractivity contribution in [3.8, 4) is 0 Å². The van der Waals surface area contributed by atoms with Gasteiger partial charge in [0, 0.05) is 13.5 Å². The van der Waals surface area contributed by atoms with Crippen LogP contribution in [-0.2, 0) is 9.59 Å². The molecule has 0 aromatic heterocycles. The topological polar surface area (TPSA) is 86.8 Å². The predicted molar refractivity (Wildman–Crippen MR) is 99.6 cm³/mol. The van der Waals surface area contributed by atoms with E-state index in [9.17, 15) is 19.2 Å². The molecule has 0 spiro atoms. The third-order valence-electron chi connectivity index (χ3n) is 5.55. The summed E-state index contributed by atoms with van der Waals surface area (Å²) in [6.07, 6.45) is 2.94. The van der Waals surface area contributed by atoms with E-state index in [1.807, 2.05) is 12.1 Å². The molecule has 2 aliphatic heterocycles. The summed E-state index contributed by atoms with van der Waals surface area (Å²) in [5.41, 5.74) is 1.75. The molecule has 2 heterocycles.